The number of nitrogens with one attached hydrogen (secondary N) is 1. The van der Waals surface area contributed by atoms with E-state index < -0.39 is 14.9 Å². The van der Waals surface area contributed by atoms with Gasteiger partial charge < -0.3 is 4.74 Å². The lowest BCUT2D eigenvalue weighted by atomic mass is 10.2. The molecule has 0 bridgehead atoms. The fourth-order valence-electron chi connectivity index (χ4n) is 2.62. The van der Waals surface area contributed by atoms with E-state index in [1.165, 1.54) is 43.3 Å². The second kappa shape index (κ2) is 8.46. The smallest absolute Gasteiger partial charge is 0.273 e. The van der Waals surface area contributed by atoms with Gasteiger partial charge in [-0.05, 0) is 43.3 Å². The summed E-state index contributed by atoms with van der Waals surface area (Å²) in [4.78, 5) is 14.4. The first-order valence-corrected chi connectivity index (χ1v) is 10.2. The molecule has 3 rings (SSSR count). The van der Waals surface area contributed by atoms with Crippen LogP contribution < -0.4 is 9.46 Å². The average Bonchev–Trinajstić information content (AvgIpc) is 2.67. The first-order valence-electron chi connectivity index (χ1n) is 8.37. The molecule has 29 heavy (non-hydrogen) atoms. The Hall–Kier alpha value is -3.17. The summed E-state index contributed by atoms with van der Waals surface area (Å²) in [6.07, 6.45) is 1.65. The highest BCUT2D eigenvalue weighted by atomic mass is 35.5. The van der Waals surface area contributed by atoms with Crippen LogP contribution in [0.25, 0.3) is 0 Å². The van der Waals surface area contributed by atoms with Gasteiger partial charge in [0.25, 0.3) is 15.7 Å². The van der Waals surface area contributed by atoms with Crippen molar-refractivity contribution in [1.29, 1.82) is 0 Å². The molecular formula is C19H16ClN3O5S. The minimum Gasteiger partial charge on any atom is -0.486 e. The Balaban J connectivity index is 1.79. The quantitative estimate of drug-likeness (QED) is 0.438. The molecule has 1 heterocycles. The van der Waals surface area contributed by atoms with Crippen molar-refractivity contribution in [3.05, 3.63) is 87.2 Å². The number of ether oxygens (including phenoxy) is 1. The van der Waals surface area contributed by atoms with Gasteiger partial charge in [-0.2, -0.15) is 0 Å². The standard InChI is InChI=1S/C19H16ClN3O5S/c1-13-17(23(24)25)6-4-7-19(13)29(26,27)22-14-8-9-18(16(20)11-14)28-12-15-5-2-3-10-21-15/h2-11,22H,12H2,1H3. The lowest BCUT2D eigenvalue weighted by molar-refractivity contribution is -0.385. The largest absolute Gasteiger partial charge is 0.486 e. The molecule has 1 N–H and O–H groups in total. The van der Waals surface area contributed by atoms with Gasteiger partial charge in [-0.3, -0.25) is 19.8 Å². The first-order chi connectivity index (χ1) is 13.8. The Kier molecular flexibility index (Phi) is 6.00. The molecular weight excluding hydrogens is 418 g/mol. The van der Waals surface area contributed by atoms with Crippen LogP contribution in [-0.2, 0) is 16.6 Å². The van der Waals surface area contributed by atoms with Gasteiger partial charge in [0.1, 0.15) is 12.4 Å². The van der Waals surface area contributed by atoms with E-state index in [4.69, 9.17) is 16.3 Å². The number of rotatable bonds is 7. The Morgan fingerprint density at radius 1 is 1.17 bits per heavy atom. The van der Waals surface area contributed by atoms with E-state index in [1.807, 2.05) is 6.07 Å². The molecule has 0 aliphatic heterocycles. The molecule has 0 radical (unpaired) electrons. The number of pyridine rings is 1. The van der Waals surface area contributed by atoms with Crippen LogP contribution in [0, 0.1) is 17.0 Å². The molecule has 0 aliphatic rings. The molecule has 0 unspecified atom stereocenters. The summed E-state index contributed by atoms with van der Waals surface area (Å²) in [5, 5.41) is 11.3. The average molecular weight is 434 g/mol. The summed E-state index contributed by atoms with van der Waals surface area (Å²) in [6.45, 7) is 1.59. The number of sulfonamides is 1. The molecule has 150 valence electrons. The highest BCUT2D eigenvalue weighted by Gasteiger charge is 2.23. The number of benzene rings is 2. The highest BCUT2D eigenvalue weighted by molar-refractivity contribution is 7.92. The zero-order valence-electron chi connectivity index (χ0n) is 15.2. The molecule has 2 aromatic carbocycles. The van der Waals surface area contributed by atoms with E-state index in [-0.39, 0.29) is 33.5 Å². The van der Waals surface area contributed by atoms with Gasteiger partial charge in [0.05, 0.1) is 26.2 Å². The zero-order valence-corrected chi connectivity index (χ0v) is 16.8. The molecule has 0 amide bonds. The third-order valence-electron chi connectivity index (χ3n) is 4.03. The maximum absolute atomic E-state index is 12.7. The van der Waals surface area contributed by atoms with Crippen LogP contribution in [-0.4, -0.2) is 18.3 Å². The van der Waals surface area contributed by atoms with Gasteiger partial charge in [-0.15, -0.1) is 0 Å². The summed E-state index contributed by atoms with van der Waals surface area (Å²) >= 11 is 6.20. The Bertz CT molecular complexity index is 1150. The van der Waals surface area contributed by atoms with Crippen molar-refractivity contribution in [2.45, 2.75) is 18.4 Å². The summed E-state index contributed by atoms with van der Waals surface area (Å²) in [5.41, 5.74) is 0.691. The first kappa shape index (κ1) is 20.6. The number of nitro groups is 1. The van der Waals surface area contributed by atoms with E-state index in [1.54, 1.807) is 18.3 Å². The predicted molar refractivity (Wildman–Crippen MR) is 109 cm³/mol. The number of hydrogen-bond donors (Lipinski definition) is 1. The van der Waals surface area contributed by atoms with Crippen molar-refractivity contribution in [3.63, 3.8) is 0 Å². The van der Waals surface area contributed by atoms with Crippen LogP contribution in [0.5, 0.6) is 5.75 Å². The van der Waals surface area contributed by atoms with E-state index >= 15 is 0 Å². The number of nitro benzene ring substituents is 1. The number of aromatic nitrogens is 1. The molecule has 0 aliphatic carbocycles. The summed E-state index contributed by atoms with van der Waals surface area (Å²) in [6, 6.07) is 13.7. The van der Waals surface area contributed by atoms with Crippen molar-refractivity contribution in [2.75, 3.05) is 4.72 Å². The van der Waals surface area contributed by atoms with Crippen molar-refractivity contribution in [1.82, 2.24) is 4.98 Å². The molecule has 0 spiro atoms. The van der Waals surface area contributed by atoms with Crippen LogP contribution >= 0.6 is 11.6 Å². The molecule has 3 aromatic rings. The predicted octanol–water partition coefficient (Wildman–Crippen LogP) is 4.33. The maximum atomic E-state index is 12.7. The van der Waals surface area contributed by atoms with Gasteiger partial charge in [0.15, 0.2) is 0 Å². The molecule has 0 saturated carbocycles. The van der Waals surface area contributed by atoms with E-state index in [2.05, 4.69) is 9.71 Å². The van der Waals surface area contributed by atoms with Gasteiger partial charge in [-0.25, -0.2) is 8.42 Å². The molecule has 1 aromatic heterocycles. The van der Waals surface area contributed by atoms with Crippen LogP contribution in [0.15, 0.2) is 65.7 Å². The Morgan fingerprint density at radius 3 is 2.62 bits per heavy atom. The van der Waals surface area contributed by atoms with Crippen LogP contribution in [0.2, 0.25) is 5.02 Å². The van der Waals surface area contributed by atoms with Gasteiger partial charge in [-0.1, -0.05) is 23.7 Å². The van der Waals surface area contributed by atoms with E-state index in [9.17, 15) is 18.5 Å². The van der Waals surface area contributed by atoms with Crippen LogP contribution in [0.3, 0.4) is 0 Å². The normalized spacial score (nSPS) is 11.1. The van der Waals surface area contributed by atoms with Crippen LogP contribution in [0.4, 0.5) is 11.4 Å². The third kappa shape index (κ3) is 4.82. The van der Waals surface area contributed by atoms with Gasteiger partial charge in [0.2, 0.25) is 0 Å². The number of anilines is 1. The van der Waals surface area contributed by atoms with Gasteiger partial charge in [0, 0.05) is 17.8 Å². The number of nitrogens with zero attached hydrogens (tertiary/aromatic N) is 2. The SMILES string of the molecule is Cc1c([N+](=O)[O-])cccc1S(=O)(=O)Nc1ccc(OCc2ccccn2)c(Cl)c1. The van der Waals surface area contributed by atoms with Gasteiger partial charge >= 0.3 is 0 Å². The monoisotopic (exact) mass is 433 g/mol. The van der Waals surface area contributed by atoms with Crippen molar-refractivity contribution >= 4 is 33.0 Å². The molecule has 0 saturated heterocycles. The van der Waals surface area contributed by atoms with Crippen molar-refractivity contribution < 1.29 is 18.1 Å². The summed E-state index contributed by atoms with van der Waals surface area (Å²) < 4.78 is 33.4. The second-order valence-corrected chi connectivity index (χ2v) is 8.08. The number of halogens is 1. The Morgan fingerprint density at radius 2 is 1.97 bits per heavy atom. The van der Waals surface area contributed by atoms with E-state index in [0.29, 0.717) is 5.75 Å². The molecule has 0 atom stereocenters. The maximum Gasteiger partial charge on any atom is 0.273 e. The zero-order chi connectivity index (χ0) is 21.0. The highest BCUT2D eigenvalue weighted by Crippen LogP contribution is 2.31. The lowest BCUT2D eigenvalue weighted by Crippen LogP contribution is -2.15. The van der Waals surface area contributed by atoms with E-state index in [0.717, 1.165) is 5.69 Å². The topological polar surface area (TPSA) is 111 Å². The summed E-state index contributed by atoms with van der Waals surface area (Å²) in [5.74, 6) is 0.367. The fraction of sp³-hybridized carbons (Fsp3) is 0.105. The Labute approximate surface area is 172 Å². The second-order valence-electron chi connectivity index (χ2n) is 6.02. The minimum absolute atomic E-state index is 0.0476. The third-order valence-corrected chi connectivity index (χ3v) is 5.85. The fourth-order valence-corrected chi connectivity index (χ4v) is 4.17. The molecule has 8 nitrogen and oxygen atoms in total. The number of hydrogen-bond acceptors (Lipinski definition) is 6. The van der Waals surface area contributed by atoms with Crippen LogP contribution in [0.1, 0.15) is 11.3 Å². The molecule has 0 fully saturated rings. The molecule has 10 heteroatoms. The summed E-state index contributed by atoms with van der Waals surface area (Å²) in [7, 11) is -4.05. The lowest BCUT2D eigenvalue weighted by Gasteiger charge is -2.12. The van der Waals surface area contributed by atoms with Crippen molar-refractivity contribution in [2.24, 2.45) is 0 Å². The van der Waals surface area contributed by atoms with Crippen molar-refractivity contribution in [3.8, 4) is 5.75 Å². The minimum atomic E-state index is -4.05.